The first-order chi connectivity index (χ1) is 12.1. The molecule has 2 atom stereocenters. The number of carbonyl (C=O) groups is 1. The third-order valence-corrected chi connectivity index (χ3v) is 5.44. The van der Waals surface area contributed by atoms with Gasteiger partial charge in [0, 0.05) is 19.2 Å². The van der Waals surface area contributed by atoms with Crippen LogP contribution in [0.4, 0.5) is 0 Å². The van der Waals surface area contributed by atoms with Gasteiger partial charge >= 0.3 is 0 Å². The molecule has 0 spiro atoms. The van der Waals surface area contributed by atoms with Gasteiger partial charge in [-0.1, -0.05) is 5.21 Å². The van der Waals surface area contributed by atoms with E-state index in [0.717, 1.165) is 37.1 Å². The summed E-state index contributed by atoms with van der Waals surface area (Å²) in [6.07, 6.45) is 5.93. The van der Waals surface area contributed by atoms with E-state index < -0.39 is 0 Å². The number of hydrogen-bond donors (Lipinski definition) is 0. The highest BCUT2D eigenvalue weighted by Gasteiger charge is 2.44. The molecule has 2 aromatic rings. The largest absolute Gasteiger partial charge is 0.466 e. The molecule has 7 nitrogen and oxygen atoms in total. The van der Waals surface area contributed by atoms with Gasteiger partial charge < -0.3 is 14.1 Å². The van der Waals surface area contributed by atoms with Gasteiger partial charge in [-0.25, -0.2) is 4.68 Å². The third kappa shape index (κ3) is 2.86. The van der Waals surface area contributed by atoms with Crippen molar-refractivity contribution in [3.8, 4) is 0 Å². The van der Waals surface area contributed by atoms with Crippen molar-refractivity contribution in [2.45, 2.75) is 64.3 Å². The summed E-state index contributed by atoms with van der Waals surface area (Å²) >= 11 is 0. The summed E-state index contributed by atoms with van der Waals surface area (Å²) in [5.41, 5.74) is 1.55. The maximum Gasteiger partial charge on any atom is 0.257 e. The molecule has 0 aromatic carbocycles. The van der Waals surface area contributed by atoms with Gasteiger partial charge in [-0.2, -0.15) is 0 Å². The monoisotopic (exact) mass is 344 g/mol. The lowest BCUT2D eigenvalue weighted by Gasteiger charge is -2.38. The van der Waals surface area contributed by atoms with Crippen molar-refractivity contribution in [3.05, 3.63) is 35.0 Å². The minimum absolute atomic E-state index is 0.110. The van der Waals surface area contributed by atoms with Crippen LogP contribution in [0.25, 0.3) is 0 Å². The molecule has 0 aliphatic carbocycles. The van der Waals surface area contributed by atoms with E-state index >= 15 is 0 Å². The van der Waals surface area contributed by atoms with Gasteiger partial charge in [0.1, 0.15) is 17.2 Å². The van der Waals surface area contributed by atoms with Crippen LogP contribution in [-0.4, -0.2) is 45.0 Å². The van der Waals surface area contributed by atoms with Crippen molar-refractivity contribution in [1.29, 1.82) is 0 Å². The number of carbonyl (C=O) groups excluding carboxylic acids is 1. The lowest BCUT2D eigenvalue weighted by atomic mass is 9.96. The maximum absolute atomic E-state index is 13.0. The van der Waals surface area contributed by atoms with Crippen LogP contribution in [-0.2, 0) is 11.3 Å². The average molecular weight is 344 g/mol. The second kappa shape index (κ2) is 6.29. The number of amides is 1. The van der Waals surface area contributed by atoms with Crippen LogP contribution < -0.4 is 0 Å². The Morgan fingerprint density at radius 1 is 1.28 bits per heavy atom. The molecular weight excluding hydrogens is 320 g/mol. The second-order valence-electron chi connectivity index (χ2n) is 7.17. The lowest BCUT2D eigenvalue weighted by Crippen LogP contribution is -2.47. The zero-order chi connectivity index (χ0) is 17.6. The molecule has 2 aliphatic rings. The fourth-order valence-electron chi connectivity index (χ4n) is 4.38. The Hall–Kier alpha value is -2.15. The molecular formula is C18H24N4O3. The van der Waals surface area contributed by atoms with Crippen LogP contribution in [0.1, 0.15) is 59.3 Å². The number of fused-ring (bicyclic) bond motifs is 2. The molecule has 25 heavy (non-hydrogen) atoms. The van der Waals surface area contributed by atoms with Crippen LogP contribution in [0.2, 0.25) is 0 Å². The number of piperidine rings is 1. The summed E-state index contributed by atoms with van der Waals surface area (Å²) in [5, 5.41) is 8.43. The van der Waals surface area contributed by atoms with Crippen molar-refractivity contribution in [2.75, 3.05) is 7.11 Å². The smallest absolute Gasteiger partial charge is 0.257 e. The molecule has 1 amide bonds. The Bertz CT molecular complexity index is 767. The van der Waals surface area contributed by atoms with Gasteiger partial charge in [-0.05, 0) is 45.6 Å². The first-order valence-corrected chi connectivity index (χ1v) is 8.86. The third-order valence-electron chi connectivity index (χ3n) is 5.44. The molecule has 2 saturated heterocycles. The van der Waals surface area contributed by atoms with Crippen molar-refractivity contribution in [3.63, 3.8) is 0 Å². The Labute approximate surface area is 146 Å². The van der Waals surface area contributed by atoms with Crippen LogP contribution in [0.5, 0.6) is 0 Å². The normalized spacial score (nSPS) is 25.6. The molecule has 0 radical (unpaired) electrons. The molecule has 134 valence electrons. The summed E-state index contributed by atoms with van der Waals surface area (Å²) < 4.78 is 12.6. The predicted molar refractivity (Wildman–Crippen MR) is 90.2 cm³/mol. The van der Waals surface area contributed by atoms with Crippen molar-refractivity contribution in [2.24, 2.45) is 0 Å². The van der Waals surface area contributed by atoms with Gasteiger partial charge in [-0.15, -0.1) is 5.10 Å². The summed E-state index contributed by atoms with van der Waals surface area (Å²) in [5.74, 6) is 1.61. The molecule has 2 aliphatic heterocycles. The fourth-order valence-corrected chi connectivity index (χ4v) is 4.38. The van der Waals surface area contributed by atoms with E-state index in [9.17, 15) is 4.79 Å². The number of aromatic nitrogens is 3. The van der Waals surface area contributed by atoms with Gasteiger partial charge in [0.2, 0.25) is 0 Å². The van der Waals surface area contributed by atoms with Gasteiger partial charge in [0.05, 0.1) is 24.4 Å². The summed E-state index contributed by atoms with van der Waals surface area (Å²) in [6, 6.07) is 2.69. The zero-order valence-corrected chi connectivity index (χ0v) is 14.9. The number of nitrogens with zero attached hydrogens (tertiary/aromatic N) is 4. The molecule has 7 heteroatoms. The lowest BCUT2D eigenvalue weighted by molar-refractivity contribution is 0.0521. The summed E-state index contributed by atoms with van der Waals surface area (Å²) in [4.78, 5) is 15.1. The summed E-state index contributed by atoms with van der Waals surface area (Å²) in [6.45, 7) is 4.22. The Balaban J connectivity index is 1.51. The molecule has 4 rings (SSSR count). The van der Waals surface area contributed by atoms with Crippen LogP contribution in [0.3, 0.4) is 0 Å². The molecule has 2 bridgehead atoms. The number of rotatable bonds is 4. The topological polar surface area (TPSA) is 73.4 Å². The highest BCUT2D eigenvalue weighted by atomic mass is 16.5. The van der Waals surface area contributed by atoms with E-state index in [1.54, 1.807) is 7.11 Å². The van der Waals surface area contributed by atoms with Gasteiger partial charge in [0.15, 0.2) is 0 Å². The first-order valence-electron chi connectivity index (χ1n) is 8.86. The quantitative estimate of drug-likeness (QED) is 0.852. The standard InChI is InChI=1S/C18H24N4O3/c1-11-6-17(12(2)25-11)18(23)22-14-4-5-15(22)8-16(7-14)21-9-13(10-24-3)19-20-21/h6,9,14-16H,4-5,7-8,10H2,1-3H3. The van der Waals surface area contributed by atoms with Crippen molar-refractivity contribution < 1.29 is 13.9 Å². The Kier molecular flexibility index (Phi) is 4.11. The van der Waals surface area contributed by atoms with Crippen molar-refractivity contribution in [1.82, 2.24) is 19.9 Å². The van der Waals surface area contributed by atoms with E-state index in [2.05, 4.69) is 15.2 Å². The van der Waals surface area contributed by atoms with Crippen LogP contribution in [0, 0.1) is 13.8 Å². The van der Waals surface area contributed by atoms with E-state index in [1.807, 2.05) is 30.8 Å². The highest BCUT2D eigenvalue weighted by molar-refractivity contribution is 5.96. The van der Waals surface area contributed by atoms with Crippen LogP contribution in [0.15, 0.2) is 16.7 Å². The number of aryl methyl sites for hydroxylation is 2. The first kappa shape index (κ1) is 16.3. The zero-order valence-electron chi connectivity index (χ0n) is 14.9. The van der Waals surface area contributed by atoms with Crippen molar-refractivity contribution >= 4 is 5.91 Å². The Morgan fingerprint density at radius 3 is 2.60 bits per heavy atom. The van der Waals surface area contributed by atoms with E-state index in [1.165, 1.54) is 0 Å². The maximum atomic E-state index is 13.0. The SMILES string of the molecule is COCc1cn(C2CC3CCC(C2)N3C(=O)c2cc(C)oc2C)nn1. The number of methoxy groups -OCH3 is 1. The van der Waals surface area contributed by atoms with Crippen LogP contribution >= 0.6 is 0 Å². The van der Waals surface area contributed by atoms with Gasteiger partial charge in [0.25, 0.3) is 5.91 Å². The molecule has 4 heterocycles. The minimum Gasteiger partial charge on any atom is -0.466 e. The summed E-state index contributed by atoms with van der Waals surface area (Å²) in [7, 11) is 1.66. The average Bonchev–Trinajstić information content (AvgIpc) is 3.24. The number of furan rings is 1. The Morgan fingerprint density at radius 2 is 2.00 bits per heavy atom. The molecule has 2 aromatic heterocycles. The molecule has 0 saturated carbocycles. The van der Waals surface area contributed by atoms with E-state index in [4.69, 9.17) is 9.15 Å². The molecule has 0 N–H and O–H groups in total. The molecule has 2 unspecified atom stereocenters. The number of hydrogen-bond acceptors (Lipinski definition) is 5. The van der Waals surface area contributed by atoms with Gasteiger partial charge in [-0.3, -0.25) is 4.79 Å². The highest BCUT2D eigenvalue weighted by Crippen LogP contribution is 2.41. The fraction of sp³-hybridized carbons (Fsp3) is 0.611. The second-order valence-corrected chi connectivity index (χ2v) is 7.17. The minimum atomic E-state index is 0.110. The molecule has 2 fully saturated rings. The van der Waals surface area contributed by atoms with E-state index in [-0.39, 0.29) is 18.0 Å². The number of ether oxygens (including phenoxy) is 1. The predicted octanol–water partition coefficient (Wildman–Crippen LogP) is 2.64. The van der Waals surface area contributed by atoms with E-state index in [0.29, 0.717) is 24.0 Å².